The lowest BCUT2D eigenvalue weighted by molar-refractivity contribution is -0.114. The molecule has 5 nitrogen and oxygen atoms in total. The maximum atomic E-state index is 12.3. The van der Waals surface area contributed by atoms with Gasteiger partial charge in [0.15, 0.2) is 5.78 Å². The van der Waals surface area contributed by atoms with Gasteiger partial charge >= 0.3 is 0 Å². The van der Waals surface area contributed by atoms with Gasteiger partial charge in [-0.1, -0.05) is 18.2 Å². The van der Waals surface area contributed by atoms with E-state index < -0.39 is 0 Å². The van der Waals surface area contributed by atoms with E-state index in [2.05, 4.69) is 10.2 Å². The van der Waals surface area contributed by atoms with Crippen molar-refractivity contribution in [1.82, 2.24) is 0 Å². The molecular formula is C21H22N2O3. The maximum Gasteiger partial charge on any atom is 0.221 e. The largest absolute Gasteiger partial charge is 0.378 e. The van der Waals surface area contributed by atoms with E-state index in [0.717, 1.165) is 43.2 Å². The molecule has 3 rings (SSSR count). The Morgan fingerprint density at radius 2 is 1.65 bits per heavy atom. The number of benzene rings is 2. The molecule has 2 aromatic rings. The van der Waals surface area contributed by atoms with Crippen molar-refractivity contribution < 1.29 is 14.3 Å². The Bertz CT molecular complexity index is 789. The lowest BCUT2D eigenvalue weighted by Crippen LogP contribution is -2.36. The Labute approximate surface area is 153 Å². The third kappa shape index (κ3) is 4.80. The molecule has 0 aromatic heterocycles. The molecule has 0 radical (unpaired) electrons. The van der Waals surface area contributed by atoms with Crippen LogP contribution in [-0.4, -0.2) is 38.0 Å². The summed E-state index contributed by atoms with van der Waals surface area (Å²) in [6.07, 6.45) is 3.34. The van der Waals surface area contributed by atoms with E-state index in [4.69, 9.17) is 4.74 Å². The van der Waals surface area contributed by atoms with Gasteiger partial charge in [-0.25, -0.2) is 0 Å². The van der Waals surface area contributed by atoms with E-state index in [1.165, 1.54) is 6.92 Å². The minimum Gasteiger partial charge on any atom is -0.378 e. The first-order chi connectivity index (χ1) is 12.6. The molecule has 1 fully saturated rings. The summed E-state index contributed by atoms with van der Waals surface area (Å²) in [5.41, 5.74) is 3.41. The number of nitrogens with zero attached hydrogens (tertiary/aromatic N) is 1. The molecule has 1 amide bonds. The Morgan fingerprint density at radius 1 is 1.00 bits per heavy atom. The van der Waals surface area contributed by atoms with Crippen molar-refractivity contribution in [1.29, 1.82) is 0 Å². The number of anilines is 2. The molecule has 0 spiro atoms. The SMILES string of the molecule is CC(=O)Nc1ccc(C=CC(=O)c2ccc(N3CCOCC3)cc2)cc1. The summed E-state index contributed by atoms with van der Waals surface area (Å²) in [6.45, 7) is 4.70. The van der Waals surface area contributed by atoms with Crippen molar-refractivity contribution in [2.24, 2.45) is 0 Å². The number of rotatable bonds is 5. The van der Waals surface area contributed by atoms with Crippen LogP contribution in [0.25, 0.3) is 6.08 Å². The predicted octanol–water partition coefficient (Wildman–Crippen LogP) is 3.38. The van der Waals surface area contributed by atoms with E-state index in [1.807, 2.05) is 48.5 Å². The smallest absolute Gasteiger partial charge is 0.221 e. The van der Waals surface area contributed by atoms with Crippen LogP contribution in [0.3, 0.4) is 0 Å². The van der Waals surface area contributed by atoms with Crippen molar-refractivity contribution in [2.75, 3.05) is 36.5 Å². The van der Waals surface area contributed by atoms with Gasteiger partial charge in [0.25, 0.3) is 0 Å². The first-order valence-electron chi connectivity index (χ1n) is 8.65. The molecule has 2 aromatic carbocycles. The van der Waals surface area contributed by atoms with Crippen LogP contribution in [0.5, 0.6) is 0 Å². The van der Waals surface area contributed by atoms with Crippen LogP contribution in [0.15, 0.2) is 54.6 Å². The van der Waals surface area contributed by atoms with Crippen LogP contribution in [-0.2, 0) is 9.53 Å². The van der Waals surface area contributed by atoms with E-state index >= 15 is 0 Å². The molecule has 1 saturated heterocycles. The zero-order chi connectivity index (χ0) is 18.4. The fourth-order valence-electron chi connectivity index (χ4n) is 2.81. The first-order valence-corrected chi connectivity index (χ1v) is 8.65. The van der Waals surface area contributed by atoms with Crippen LogP contribution in [0.1, 0.15) is 22.8 Å². The number of allylic oxidation sites excluding steroid dienone is 1. The van der Waals surface area contributed by atoms with Crippen LogP contribution in [0.2, 0.25) is 0 Å². The number of amides is 1. The van der Waals surface area contributed by atoms with E-state index in [9.17, 15) is 9.59 Å². The summed E-state index contributed by atoms with van der Waals surface area (Å²) in [7, 11) is 0. The normalized spacial score (nSPS) is 14.4. The van der Waals surface area contributed by atoms with Gasteiger partial charge in [-0.3, -0.25) is 9.59 Å². The third-order valence-electron chi connectivity index (χ3n) is 4.19. The topological polar surface area (TPSA) is 58.6 Å². The Kier molecular flexibility index (Phi) is 5.81. The van der Waals surface area contributed by atoms with Crippen molar-refractivity contribution in [3.63, 3.8) is 0 Å². The molecule has 0 unspecified atom stereocenters. The van der Waals surface area contributed by atoms with Crippen LogP contribution >= 0.6 is 0 Å². The quantitative estimate of drug-likeness (QED) is 0.663. The zero-order valence-electron chi connectivity index (χ0n) is 14.8. The maximum absolute atomic E-state index is 12.3. The molecule has 0 aliphatic carbocycles. The summed E-state index contributed by atoms with van der Waals surface area (Å²) in [4.78, 5) is 25.6. The number of ether oxygens (including phenoxy) is 1. The van der Waals surface area contributed by atoms with Gasteiger partial charge in [0.2, 0.25) is 5.91 Å². The van der Waals surface area contributed by atoms with Crippen molar-refractivity contribution in [3.05, 3.63) is 65.7 Å². The number of hydrogen-bond donors (Lipinski definition) is 1. The third-order valence-corrected chi connectivity index (χ3v) is 4.19. The van der Waals surface area contributed by atoms with Gasteiger partial charge < -0.3 is 15.0 Å². The molecule has 26 heavy (non-hydrogen) atoms. The van der Waals surface area contributed by atoms with E-state index in [-0.39, 0.29) is 11.7 Å². The summed E-state index contributed by atoms with van der Waals surface area (Å²) >= 11 is 0. The van der Waals surface area contributed by atoms with Gasteiger partial charge in [0.1, 0.15) is 0 Å². The molecule has 0 bridgehead atoms. The summed E-state index contributed by atoms with van der Waals surface area (Å²) in [5, 5.41) is 2.71. The highest BCUT2D eigenvalue weighted by atomic mass is 16.5. The summed E-state index contributed by atoms with van der Waals surface area (Å²) in [5.74, 6) is -0.145. The van der Waals surface area contributed by atoms with Gasteiger partial charge in [0, 0.05) is 37.0 Å². The minimum atomic E-state index is -0.107. The molecule has 5 heteroatoms. The average molecular weight is 350 g/mol. The number of morpholine rings is 1. The molecule has 1 heterocycles. The molecular weight excluding hydrogens is 328 g/mol. The monoisotopic (exact) mass is 350 g/mol. The number of hydrogen-bond acceptors (Lipinski definition) is 4. The molecule has 1 N–H and O–H groups in total. The van der Waals surface area contributed by atoms with Gasteiger partial charge in [-0.15, -0.1) is 0 Å². The minimum absolute atomic E-state index is 0.0375. The standard InChI is InChI=1S/C21H22N2O3/c1-16(24)22-19-7-2-17(3-8-19)4-11-21(25)18-5-9-20(10-6-18)23-12-14-26-15-13-23/h2-11H,12-15H2,1H3,(H,22,24). The van der Waals surface area contributed by atoms with Crippen molar-refractivity contribution in [3.8, 4) is 0 Å². The Morgan fingerprint density at radius 3 is 2.27 bits per heavy atom. The number of ketones is 1. The van der Waals surface area contributed by atoms with Crippen LogP contribution in [0.4, 0.5) is 11.4 Å². The molecule has 1 aliphatic heterocycles. The van der Waals surface area contributed by atoms with Crippen LogP contribution in [0, 0.1) is 0 Å². The molecule has 0 saturated carbocycles. The fourth-order valence-corrected chi connectivity index (χ4v) is 2.81. The number of carbonyl (C=O) groups is 2. The second-order valence-corrected chi connectivity index (χ2v) is 6.15. The number of carbonyl (C=O) groups excluding carboxylic acids is 2. The summed E-state index contributed by atoms with van der Waals surface area (Å²) < 4.78 is 5.36. The first kappa shape index (κ1) is 17.9. The van der Waals surface area contributed by atoms with Crippen LogP contribution < -0.4 is 10.2 Å². The highest BCUT2D eigenvalue weighted by Gasteiger charge is 2.11. The highest BCUT2D eigenvalue weighted by Crippen LogP contribution is 2.17. The van der Waals surface area contributed by atoms with Crippen molar-refractivity contribution >= 4 is 29.1 Å². The van der Waals surface area contributed by atoms with Gasteiger partial charge in [-0.2, -0.15) is 0 Å². The van der Waals surface area contributed by atoms with Crippen molar-refractivity contribution in [2.45, 2.75) is 6.92 Å². The molecule has 0 atom stereocenters. The summed E-state index contributed by atoms with van der Waals surface area (Å²) in [6, 6.07) is 15.0. The van der Waals surface area contributed by atoms with E-state index in [1.54, 1.807) is 12.2 Å². The fraction of sp³-hybridized carbons (Fsp3) is 0.238. The Balaban J connectivity index is 1.61. The van der Waals surface area contributed by atoms with E-state index in [0.29, 0.717) is 5.56 Å². The Hall–Kier alpha value is -2.92. The molecule has 134 valence electrons. The van der Waals surface area contributed by atoms with Gasteiger partial charge in [0.05, 0.1) is 13.2 Å². The zero-order valence-corrected chi connectivity index (χ0v) is 14.8. The van der Waals surface area contributed by atoms with Gasteiger partial charge in [-0.05, 0) is 48.0 Å². The second kappa shape index (κ2) is 8.45. The highest BCUT2D eigenvalue weighted by molar-refractivity contribution is 6.07. The number of nitrogens with one attached hydrogen (secondary N) is 1. The predicted molar refractivity (Wildman–Crippen MR) is 104 cm³/mol. The lowest BCUT2D eigenvalue weighted by Gasteiger charge is -2.28. The second-order valence-electron chi connectivity index (χ2n) is 6.15. The average Bonchev–Trinajstić information content (AvgIpc) is 2.67. The lowest BCUT2D eigenvalue weighted by atomic mass is 10.1. The molecule has 1 aliphatic rings.